The van der Waals surface area contributed by atoms with Gasteiger partial charge in [-0.15, -0.1) is 10.2 Å². The van der Waals surface area contributed by atoms with Crippen LogP contribution in [0.15, 0.2) is 58.2 Å². The molecule has 5 nitrogen and oxygen atoms in total. The first-order valence-corrected chi connectivity index (χ1v) is 9.53. The first kappa shape index (κ1) is 18.0. The van der Waals surface area contributed by atoms with Crippen LogP contribution >= 0.6 is 39.3 Å². The van der Waals surface area contributed by atoms with Gasteiger partial charge in [-0.2, -0.15) is 0 Å². The molecule has 2 aromatic carbocycles. The lowest BCUT2D eigenvalue weighted by Crippen LogP contribution is -2.14. The van der Waals surface area contributed by atoms with Gasteiger partial charge in [0, 0.05) is 22.1 Å². The Balaban J connectivity index is 1.66. The van der Waals surface area contributed by atoms with Crippen LogP contribution in [0.25, 0.3) is 11.4 Å². The molecular weight excluding hydrogens is 424 g/mol. The van der Waals surface area contributed by atoms with Crippen LogP contribution in [0.2, 0.25) is 5.02 Å². The summed E-state index contributed by atoms with van der Waals surface area (Å²) in [7, 11) is 1.87. The maximum Gasteiger partial charge on any atom is 0.234 e. The van der Waals surface area contributed by atoms with Crippen molar-refractivity contribution in [2.45, 2.75) is 5.16 Å². The Morgan fingerprint density at radius 1 is 1.24 bits per heavy atom. The number of halogens is 2. The molecule has 1 heterocycles. The Labute approximate surface area is 162 Å². The molecule has 0 aliphatic rings. The van der Waals surface area contributed by atoms with Crippen molar-refractivity contribution < 1.29 is 4.79 Å². The van der Waals surface area contributed by atoms with Crippen molar-refractivity contribution in [1.29, 1.82) is 0 Å². The number of nitrogens with zero attached hydrogens (tertiary/aromatic N) is 3. The Hall–Kier alpha value is -1.83. The van der Waals surface area contributed by atoms with E-state index in [0.29, 0.717) is 16.0 Å². The van der Waals surface area contributed by atoms with E-state index >= 15 is 0 Å². The van der Waals surface area contributed by atoms with E-state index < -0.39 is 0 Å². The van der Waals surface area contributed by atoms with Crippen molar-refractivity contribution in [3.05, 3.63) is 58.0 Å². The Bertz CT molecular complexity index is 915. The molecule has 0 aliphatic carbocycles. The number of hydrogen-bond acceptors (Lipinski definition) is 4. The second-order valence-electron chi connectivity index (χ2n) is 5.19. The minimum Gasteiger partial charge on any atom is -0.324 e. The van der Waals surface area contributed by atoms with Crippen molar-refractivity contribution in [3.63, 3.8) is 0 Å². The molecule has 128 valence electrons. The van der Waals surface area contributed by atoms with Crippen molar-refractivity contribution in [1.82, 2.24) is 14.8 Å². The van der Waals surface area contributed by atoms with Gasteiger partial charge in [0.25, 0.3) is 0 Å². The Morgan fingerprint density at radius 3 is 2.80 bits per heavy atom. The smallest absolute Gasteiger partial charge is 0.234 e. The monoisotopic (exact) mass is 436 g/mol. The fourth-order valence-electron chi connectivity index (χ4n) is 2.20. The van der Waals surface area contributed by atoms with Gasteiger partial charge in [-0.1, -0.05) is 47.6 Å². The zero-order chi connectivity index (χ0) is 17.8. The van der Waals surface area contributed by atoms with Crippen LogP contribution in [0.5, 0.6) is 0 Å². The quantitative estimate of drug-likeness (QED) is 0.591. The normalized spacial score (nSPS) is 10.7. The molecular formula is C17H14BrClN4OS. The summed E-state index contributed by atoms with van der Waals surface area (Å²) in [6, 6.07) is 14.9. The fraction of sp³-hybridized carbons (Fsp3) is 0.118. The van der Waals surface area contributed by atoms with Crippen LogP contribution in [0, 0.1) is 0 Å². The number of rotatable bonds is 5. The third-order valence-electron chi connectivity index (χ3n) is 3.40. The standard InChI is InChI=1S/C17H14BrClN4OS/c1-23-16(11-5-4-6-12(19)9-11)21-22-17(23)25-10-15(24)20-14-8-3-2-7-13(14)18/h2-9H,10H2,1H3,(H,20,24). The highest BCUT2D eigenvalue weighted by atomic mass is 79.9. The van der Waals surface area contributed by atoms with Crippen molar-refractivity contribution in [2.75, 3.05) is 11.1 Å². The van der Waals surface area contributed by atoms with E-state index in [2.05, 4.69) is 31.4 Å². The van der Waals surface area contributed by atoms with Crippen LogP contribution in [-0.4, -0.2) is 26.4 Å². The van der Waals surface area contributed by atoms with Crippen molar-refractivity contribution in [3.8, 4) is 11.4 Å². The van der Waals surface area contributed by atoms with E-state index in [4.69, 9.17) is 11.6 Å². The average molecular weight is 438 g/mol. The van der Waals surface area contributed by atoms with Crippen molar-refractivity contribution >= 4 is 50.9 Å². The minimum atomic E-state index is -0.107. The first-order chi connectivity index (χ1) is 12.0. The van der Waals surface area contributed by atoms with Gasteiger partial charge in [0.15, 0.2) is 11.0 Å². The Morgan fingerprint density at radius 2 is 2.04 bits per heavy atom. The number of nitrogens with one attached hydrogen (secondary N) is 1. The molecule has 1 amide bonds. The molecule has 0 radical (unpaired) electrons. The lowest BCUT2D eigenvalue weighted by atomic mass is 10.2. The highest BCUT2D eigenvalue weighted by molar-refractivity contribution is 9.10. The van der Waals surface area contributed by atoms with Crippen LogP contribution < -0.4 is 5.32 Å². The third kappa shape index (κ3) is 4.42. The minimum absolute atomic E-state index is 0.107. The molecule has 1 N–H and O–H groups in total. The number of hydrogen-bond donors (Lipinski definition) is 1. The summed E-state index contributed by atoms with van der Waals surface area (Å²) in [5, 5.41) is 12.5. The summed E-state index contributed by atoms with van der Waals surface area (Å²) in [6.07, 6.45) is 0. The average Bonchev–Trinajstić information content (AvgIpc) is 2.96. The van der Waals surface area contributed by atoms with Gasteiger partial charge < -0.3 is 9.88 Å². The van der Waals surface area contributed by atoms with E-state index in [0.717, 1.165) is 15.7 Å². The summed E-state index contributed by atoms with van der Waals surface area (Å²) in [5.74, 6) is 0.837. The molecule has 0 saturated heterocycles. The molecule has 0 unspecified atom stereocenters. The molecule has 8 heteroatoms. The van der Waals surface area contributed by atoms with Crippen LogP contribution in [0.1, 0.15) is 0 Å². The fourth-order valence-corrected chi connectivity index (χ4v) is 3.48. The largest absolute Gasteiger partial charge is 0.324 e. The molecule has 0 saturated carbocycles. The van der Waals surface area contributed by atoms with Gasteiger partial charge in [-0.3, -0.25) is 4.79 Å². The molecule has 0 fully saturated rings. The summed E-state index contributed by atoms with van der Waals surface area (Å²) in [4.78, 5) is 12.1. The Kier molecular flexibility index (Phi) is 5.78. The van der Waals surface area contributed by atoms with E-state index in [1.807, 2.05) is 60.1 Å². The highest BCUT2D eigenvalue weighted by Crippen LogP contribution is 2.25. The van der Waals surface area contributed by atoms with Gasteiger partial charge in [0.2, 0.25) is 5.91 Å². The van der Waals surface area contributed by atoms with Crippen LogP contribution in [0.3, 0.4) is 0 Å². The zero-order valence-corrected chi connectivity index (χ0v) is 16.4. The number of carbonyl (C=O) groups excluding carboxylic acids is 1. The molecule has 3 rings (SSSR count). The van der Waals surface area contributed by atoms with Gasteiger partial charge in [-0.05, 0) is 40.2 Å². The lowest BCUT2D eigenvalue weighted by Gasteiger charge is -2.07. The maximum atomic E-state index is 12.1. The van der Waals surface area contributed by atoms with Gasteiger partial charge in [0.05, 0.1) is 11.4 Å². The molecule has 0 aliphatic heterocycles. The SMILES string of the molecule is Cn1c(SCC(=O)Nc2ccccc2Br)nnc1-c1cccc(Cl)c1. The van der Waals surface area contributed by atoms with E-state index in [1.165, 1.54) is 11.8 Å². The van der Waals surface area contributed by atoms with Crippen LogP contribution in [0.4, 0.5) is 5.69 Å². The molecule has 1 aromatic heterocycles. The number of thioether (sulfide) groups is 1. The molecule has 0 spiro atoms. The number of aromatic nitrogens is 3. The number of para-hydroxylation sites is 1. The molecule has 3 aromatic rings. The predicted molar refractivity (Wildman–Crippen MR) is 105 cm³/mol. The predicted octanol–water partition coefficient (Wildman–Crippen LogP) is 4.63. The number of benzene rings is 2. The third-order valence-corrected chi connectivity index (χ3v) is 5.34. The van der Waals surface area contributed by atoms with E-state index in [1.54, 1.807) is 0 Å². The first-order valence-electron chi connectivity index (χ1n) is 7.37. The molecule has 0 bridgehead atoms. The van der Waals surface area contributed by atoms with Crippen LogP contribution in [-0.2, 0) is 11.8 Å². The number of anilines is 1. The van der Waals surface area contributed by atoms with Gasteiger partial charge in [-0.25, -0.2) is 0 Å². The zero-order valence-electron chi connectivity index (χ0n) is 13.2. The number of carbonyl (C=O) groups is 1. The summed E-state index contributed by atoms with van der Waals surface area (Å²) in [5.41, 5.74) is 1.62. The molecule has 0 atom stereocenters. The topological polar surface area (TPSA) is 59.8 Å². The summed E-state index contributed by atoms with van der Waals surface area (Å²) >= 11 is 10.8. The second-order valence-corrected chi connectivity index (χ2v) is 7.43. The summed E-state index contributed by atoms with van der Waals surface area (Å²) in [6.45, 7) is 0. The maximum absolute atomic E-state index is 12.1. The van der Waals surface area contributed by atoms with Crippen molar-refractivity contribution in [2.24, 2.45) is 7.05 Å². The molecule has 25 heavy (non-hydrogen) atoms. The second kappa shape index (κ2) is 8.03. The van der Waals surface area contributed by atoms with E-state index in [9.17, 15) is 4.79 Å². The van der Waals surface area contributed by atoms with Gasteiger partial charge in [0.1, 0.15) is 0 Å². The summed E-state index contributed by atoms with van der Waals surface area (Å²) < 4.78 is 2.69. The number of amides is 1. The highest BCUT2D eigenvalue weighted by Gasteiger charge is 2.13. The van der Waals surface area contributed by atoms with E-state index in [-0.39, 0.29) is 11.7 Å². The lowest BCUT2D eigenvalue weighted by molar-refractivity contribution is -0.113. The van der Waals surface area contributed by atoms with Gasteiger partial charge >= 0.3 is 0 Å².